The zero-order chi connectivity index (χ0) is 14.5. The minimum Gasteiger partial charge on any atom is -0.361 e. The molecule has 0 radical (unpaired) electrons. The minimum absolute atomic E-state index is 0.0724. The van der Waals surface area contributed by atoms with Crippen LogP contribution in [0.4, 0.5) is 5.69 Å². The van der Waals surface area contributed by atoms with Crippen LogP contribution in [0, 0.1) is 0 Å². The van der Waals surface area contributed by atoms with E-state index in [4.69, 9.17) is 4.74 Å². The van der Waals surface area contributed by atoms with Gasteiger partial charge in [-0.3, -0.25) is 4.98 Å². The van der Waals surface area contributed by atoms with E-state index in [0.717, 1.165) is 0 Å². The highest BCUT2D eigenvalue weighted by molar-refractivity contribution is 7.89. The van der Waals surface area contributed by atoms with Crippen LogP contribution in [0.3, 0.4) is 0 Å². The predicted octanol–water partition coefficient (Wildman–Crippen LogP) is 1.56. The average Bonchev–Trinajstić information content (AvgIpc) is 2.27. The molecule has 6 nitrogen and oxygen atoms in total. The minimum atomic E-state index is -3.57. The van der Waals surface area contributed by atoms with Crippen LogP contribution in [0.1, 0.15) is 27.7 Å². The average molecular weight is 287 g/mol. The van der Waals surface area contributed by atoms with Gasteiger partial charge in [0.25, 0.3) is 0 Å². The van der Waals surface area contributed by atoms with Gasteiger partial charge in [-0.25, -0.2) is 13.1 Å². The molecular formula is C12H21N3O3S. The number of pyridine rings is 1. The van der Waals surface area contributed by atoms with E-state index in [9.17, 15) is 8.42 Å². The lowest BCUT2D eigenvalue weighted by Gasteiger charge is -2.15. The van der Waals surface area contributed by atoms with Crippen LogP contribution < -0.4 is 10.0 Å². The Morgan fingerprint density at radius 1 is 1.32 bits per heavy atom. The van der Waals surface area contributed by atoms with Crippen molar-refractivity contribution in [2.75, 3.05) is 12.0 Å². The van der Waals surface area contributed by atoms with Crippen molar-refractivity contribution in [3.05, 3.63) is 18.5 Å². The number of nitrogens with one attached hydrogen (secondary N) is 2. The molecule has 1 rings (SSSR count). The van der Waals surface area contributed by atoms with Gasteiger partial charge in [0.1, 0.15) is 11.6 Å². The Hall–Kier alpha value is -1.18. The van der Waals surface area contributed by atoms with Gasteiger partial charge < -0.3 is 10.1 Å². The van der Waals surface area contributed by atoms with E-state index < -0.39 is 10.0 Å². The van der Waals surface area contributed by atoms with Crippen molar-refractivity contribution in [1.82, 2.24) is 9.71 Å². The highest BCUT2D eigenvalue weighted by atomic mass is 32.2. The van der Waals surface area contributed by atoms with E-state index >= 15 is 0 Å². The zero-order valence-electron chi connectivity index (χ0n) is 11.7. The summed E-state index contributed by atoms with van der Waals surface area (Å²) in [7, 11) is -3.57. The number of anilines is 1. The quantitative estimate of drug-likeness (QED) is 0.744. The standard InChI is InChI=1S/C12H21N3O3S/c1-9(2)15-19(16,17)12-7-13-6-5-11(12)14-8-18-10(3)4/h5-7,9-10,15H,8H2,1-4H3,(H,13,14). The van der Waals surface area contributed by atoms with Crippen LogP contribution in [0.5, 0.6) is 0 Å². The fourth-order valence-electron chi connectivity index (χ4n) is 1.40. The first-order valence-electron chi connectivity index (χ1n) is 6.14. The maximum Gasteiger partial charge on any atom is 0.244 e. The van der Waals surface area contributed by atoms with Gasteiger partial charge in [-0.1, -0.05) is 0 Å². The fourth-order valence-corrected chi connectivity index (χ4v) is 2.78. The summed E-state index contributed by atoms with van der Waals surface area (Å²) in [4.78, 5) is 3.98. The molecule has 0 fully saturated rings. The summed E-state index contributed by atoms with van der Waals surface area (Å²) in [6, 6.07) is 1.43. The number of sulfonamides is 1. The maximum atomic E-state index is 12.1. The van der Waals surface area contributed by atoms with Gasteiger partial charge >= 0.3 is 0 Å². The number of hydrogen-bond acceptors (Lipinski definition) is 5. The van der Waals surface area contributed by atoms with E-state index in [1.165, 1.54) is 12.4 Å². The molecule has 0 aromatic carbocycles. The molecule has 7 heteroatoms. The first-order chi connectivity index (χ1) is 8.83. The molecule has 0 amide bonds. The summed E-state index contributed by atoms with van der Waals surface area (Å²) >= 11 is 0. The molecule has 0 saturated carbocycles. The molecule has 0 aliphatic carbocycles. The molecule has 0 spiro atoms. The largest absolute Gasteiger partial charge is 0.361 e. The Labute approximate surface area is 114 Å². The molecule has 1 aromatic rings. The summed E-state index contributed by atoms with van der Waals surface area (Å²) in [5.74, 6) is 0. The Kier molecular flexibility index (Phi) is 5.71. The lowest BCUT2D eigenvalue weighted by atomic mass is 10.4. The van der Waals surface area contributed by atoms with E-state index in [-0.39, 0.29) is 23.8 Å². The normalized spacial score (nSPS) is 12.1. The molecule has 0 bridgehead atoms. The van der Waals surface area contributed by atoms with Crippen molar-refractivity contribution >= 4 is 15.7 Å². The fraction of sp³-hybridized carbons (Fsp3) is 0.583. The summed E-state index contributed by atoms with van der Waals surface area (Å²) in [5, 5.41) is 2.94. The second-order valence-electron chi connectivity index (χ2n) is 4.68. The maximum absolute atomic E-state index is 12.1. The SMILES string of the molecule is CC(C)NS(=O)(=O)c1cnccc1NCOC(C)C. The molecule has 0 unspecified atom stereocenters. The molecule has 2 N–H and O–H groups in total. The van der Waals surface area contributed by atoms with Gasteiger partial charge in [-0.2, -0.15) is 0 Å². The van der Waals surface area contributed by atoms with Crippen LogP contribution in [-0.2, 0) is 14.8 Å². The van der Waals surface area contributed by atoms with Gasteiger partial charge in [0.15, 0.2) is 0 Å². The number of rotatable bonds is 7. The third-order valence-electron chi connectivity index (χ3n) is 2.14. The van der Waals surface area contributed by atoms with Crippen molar-refractivity contribution in [2.45, 2.75) is 44.7 Å². The van der Waals surface area contributed by atoms with Crippen LogP contribution in [0.15, 0.2) is 23.4 Å². The highest BCUT2D eigenvalue weighted by Crippen LogP contribution is 2.19. The number of hydrogen-bond donors (Lipinski definition) is 2. The van der Waals surface area contributed by atoms with Crippen LogP contribution >= 0.6 is 0 Å². The van der Waals surface area contributed by atoms with Gasteiger partial charge in [0.05, 0.1) is 11.8 Å². The second kappa shape index (κ2) is 6.83. The number of ether oxygens (including phenoxy) is 1. The topological polar surface area (TPSA) is 80.3 Å². The van der Waals surface area contributed by atoms with Gasteiger partial charge in [-0.15, -0.1) is 0 Å². The van der Waals surface area contributed by atoms with Crippen LogP contribution in [-0.4, -0.2) is 32.3 Å². The third-order valence-corrected chi connectivity index (χ3v) is 3.83. The monoisotopic (exact) mass is 287 g/mol. The van der Waals surface area contributed by atoms with Crippen molar-refractivity contribution < 1.29 is 13.2 Å². The van der Waals surface area contributed by atoms with Crippen molar-refractivity contribution in [3.8, 4) is 0 Å². The Morgan fingerprint density at radius 2 is 2.00 bits per heavy atom. The summed E-state index contributed by atoms with van der Waals surface area (Å²) in [5.41, 5.74) is 0.476. The molecule has 19 heavy (non-hydrogen) atoms. The smallest absolute Gasteiger partial charge is 0.244 e. The molecule has 0 atom stereocenters. The third kappa shape index (κ3) is 5.14. The second-order valence-corrected chi connectivity index (χ2v) is 6.37. The Balaban J connectivity index is 2.89. The van der Waals surface area contributed by atoms with Crippen LogP contribution in [0.25, 0.3) is 0 Å². The highest BCUT2D eigenvalue weighted by Gasteiger charge is 2.19. The molecule has 0 aliphatic rings. The van der Waals surface area contributed by atoms with Crippen molar-refractivity contribution in [3.63, 3.8) is 0 Å². The Morgan fingerprint density at radius 3 is 2.58 bits per heavy atom. The molecule has 108 valence electrons. The van der Waals surface area contributed by atoms with E-state index in [1.807, 2.05) is 13.8 Å². The van der Waals surface area contributed by atoms with E-state index in [2.05, 4.69) is 15.0 Å². The van der Waals surface area contributed by atoms with Gasteiger partial charge in [0, 0.05) is 18.4 Å². The molecule has 0 aliphatic heterocycles. The zero-order valence-corrected chi connectivity index (χ0v) is 12.5. The first kappa shape index (κ1) is 15.9. The summed E-state index contributed by atoms with van der Waals surface area (Å²) in [6.45, 7) is 7.59. The lowest BCUT2D eigenvalue weighted by Crippen LogP contribution is -2.31. The summed E-state index contributed by atoms with van der Waals surface area (Å²) in [6.07, 6.45) is 2.93. The van der Waals surface area contributed by atoms with Gasteiger partial charge in [-0.05, 0) is 33.8 Å². The van der Waals surface area contributed by atoms with Crippen LogP contribution in [0.2, 0.25) is 0 Å². The molecule has 0 saturated heterocycles. The van der Waals surface area contributed by atoms with Crippen molar-refractivity contribution in [1.29, 1.82) is 0 Å². The molecular weight excluding hydrogens is 266 g/mol. The predicted molar refractivity (Wildman–Crippen MR) is 74.4 cm³/mol. The van der Waals surface area contributed by atoms with Gasteiger partial charge in [0.2, 0.25) is 10.0 Å². The Bertz CT molecular complexity index is 501. The number of nitrogens with zero attached hydrogens (tertiary/aromatic N) is 1. The van der Waals surface area contributed by atoms with Crippen molar-refractivity contribution in [2.24, 2.45) is 0 Å². The lowest BCUT2D eigenvalue weighted by molar-refractivity contribution is 0.0938. The summed E-state index contributed by atoms with van der Waals surface area (Å²) < 4.78 is 32.1. The molecule has 1 aromatic heterocycles. The number of aromatic nitrogens is 1. The molecule has 1 heterocycles. The first-order valence-corrected chi connectivity index (χ1v) is 7.63. The van der Waals surface area contributed by atoms with E-state index in [1.54, 1.807) is 19.9 Å². The van der Waals surface area contributed by atoms with E-state index in [0.29, 0.717) is 5.69 Å².